The molecule has 1 aromatic rings. The minimum absolute atomic E-state index is 0.0635. The molecule has 0 aliphatic carbocycles. The Morgan fingerprint density at radius 3 is 2.38 bits per heavy atom. The van der Waals surface area contributed by atoms with E-state index in [0.29, 0.717) is 11.6 Å². The van der Waals surface area contributed by atoms with Gasteiger partial charge in [-0.1, -0.05) is 24.8 Å². The topological polar surface area (TPSA) is 0 Å². The molecule has 1 aromatic carbocycles. The van der Waals surface area contributed by atoms with Crippen LogP contribution in [-0.2, 0) is 6.18 Å². The SMILES string of the molecule is C=C/C(=C\C)c1ccc(F)cc1C(F)(F)F. The second-order valence-electron chi connectivity index (χ2n) is 3.14. The molecule has 0 nitrogen and oxygen atoms in total. The Kier molecular flexibility index (Phi) is 3.52. The average molecular weight is 230 g/mol. The summed E-state index contributed by atoms with van der Waals surface area (Å²) in [7, 11) is 0. The highest BCUT2D eigenvalue weighted by atomic mass is 19.4. The fraction of sp³-hybridized carbons (Fsp3) is 0.167. The van der Waals surface area contributed by atoms with Crippen molar-refractivity contribution in [3.63, 3.8) is 0 Å². The quantitative estimate of drug-likeness (QED) is 0.520. The predicted molar refractivity (Wildman–Crippen MR) is 55.3 cm³/mol. The van der Waals surface area contributed by atoms with Gasteiger partial charge in [-0.25, -0.2) is 4.39 Å². The van der Waals surface area contributed by atoms with Crippen molar-refractivity contribution in [2.75, 3.05) is 0 Å². The van der Waals surface area contributed by atoms with E-state index in [9.17, 15) is 17.6 Å². The maximum atomic E-state index is 12.8. The summed E-state index contributed by atoms with van der Waals surface area (Å²) in [5.41, 5.74) is -0.723. The van der Waals surface area contributed by atoms with Gasteiger partial charge in [-0.2, -0.15) is 13.2 Å². The summed E-state index contributed by atoms with van der Waals surface area (Å²) in [4.78, 5) is 0. The third-order valence-electron chi connectivity index (χ3n) is 2.13. The Balaban J connectivity index is 3.45. The highest BCUT2D eigenvalue weighted by molar-refractivity contribution is 5.75. The molecule has 0 unspecified atom stereocenters. The van der Waals surface area contributed by atoms with Crippen LogP contribution in [-0.4, -0.2) is 0 Å². The zero-order chi connectivity index (χ0) is 12.3. The molecule has 4 heteroatoms. The fourth-order valence-corrected chi connectivity index (χ4v) is 1.39. The first-order valence-electron chi connectivity index (χ1n) is 4.56. The molecule has 0 aliphatic heterocycles. The van der Waals surface area contributed by atoms with Crippen molar-refractivity contribution < 1.29 is 17.6 Å². The lowest BCUT2D eigenvalue weighted by molar-refractivity contribution is -0.137. The number of allylic oxidation sites excluding steroid dienone is 3. The molecule has 0 saturated heterocycles. The summed E-state index contributed by atoms with van der Waals surface area (Å²) in [6.07, 6.45) is -1.77. The van der Waals surface area contributed by atoms with Crippen LogP contribution in [0.15, 0.2) is 36.9 Å². The maximum absolute atomic E-state index is 12.8. The molecule has 0 fully saturated rings. The van der Waals surface area contributed by atoms with Crippen LogP contribution in [0.5, 0.6) is 0 Å². The van der Waals surface area contributed by atoms with E-state index in [1.165, 1.54) is 12.2 Å². The van der Waals surface area contributed by atoms with E-state index in [2.05, 4.69) is 6.58 Å². The van der Waals surface area contributed by atoms with Gasteiger partial charge in [-0.3, -0.25) is 0 Å². The zero-order valence-corrected chi connectivity index (χ0v) is 8.61. The van der Waals surface area contributed by atoms with E-state index in [4.69, 9.17) is 0 Å². The lowest BCUT2D eigenvalue weighted by atomic mass is 9.99. The highest BCUT2D eigenvalue weighted by Gasteiger charge is 2.34. The van der Waals surface area contributed by atoms with Gasteiger partial charge in [0.2, 0.25) is 0 Å². The van der Waals surface area contributed by atoms with Gasteiger partial charge in [-0.15, -0.1) is 0 Å². The van der Waals surface area contributed by atoms with E-state index < -0.39 is 17.6 Å². The summed E-state index contributed by atoms with van der Waals surface area (Å²) in [5.74, 6) is -0.907. The van der Waals surface area contributed by atoms with Crippen LogP contribution in [0.25, 0.3) is 5.57 Å². The second-order valence-corrected chi connectivity index (χ2v) is 3.14. The van der Waals surface area contributed by atoms with Crippen LogP contribution in [0.2, 0.25) is 0 Å². The smallest absolute Gasteiger partial charge is 0.207 e. The van der Waals surface area contributed by atoms with Gasteiger partial charge < -0.3 is 0 Å². The van der Waals surface area contributed by atoms with Gasteiger partial charge in [0.15, 0.2) is 0 Å². The Morgan fingerprint density at radius 1 is 1.31 bits per heavy atom. The molecule has 0 radical (unpaired) electrons. The number of alkyl halides is 3. The minimum Gasteiger partial charge on any atom is -0.207 e. The Bertz CT molecular complexity index is 427. The lowest BCUT2D eigenvalue weighted by Gasteiger charge is -2.13. The monoisotopic (exact) mass is 230 g/mol. The van der Waals surface area contributed by atoms with Crippen LogP contribution >= 0.6 is 0 Å². The van der Waals surface area contributed by atoms with Crippen molar-refractivity contribution in [3.05, 3.63) is 53.9 Å². The molecule has 16 heavy (non-hydrogen) atoms. The van der Waals surface area contributed by atoms with Gasteiger partial charge in [0.25, 0.3) is 0 Å². The average Bonchev–Trinajstić information content (AvgIpc) is 2.20. The van der Waals surface area contributed by atoms with Gasteiger partial charge in [-0.05, 0) is 30.2 Å². The molecule has 86 valence electrons. The van der Waals surface area contributed by atoms with Crippen LogP contribution in [0.1, 0.15) is 18.1 Å². The number of halogens is 4. The van der Waals surface area contributed by atoms with Crippen LogP contribution < -0.4 is 0 Å². The molecule has 0 aromatic heterocycles. The Morgan fingerprint density at radius 2 is 1.94 bits per heavy atom. The van der Waals surface area contributed by atoms with Gasteiger partial charge >= 0.3 is 6.18 Å². The molecule has 0 bridgehead atoms. The molecular formula is C12H10F4. The summed E-state index contributed by atoms with van der Waals surface area (Å²) in [5, 5.41) is 0. The zero-order valence-electron chi connectivity index (χ0n) is 8.61. The number of hydrogen-bond donors (Lipinski definition) is 0. The molecule has 0 N–H and O–H groups in total. The first-order chi connectivity index (χ1) is 7.40. The molecular weight excluding hydrogens is 220 g/mol. The Hall–Kier alpha value is -1.58. The molecule has 0 amide bonds. The van der Waals surface area contributed by atoms with Crippen LogP contribution in [0.4, 0.5) is 17.6 Å². The van der Waals surface area contributed by atoms with Crippen molar-refractivity contribution in [2.45, 2.75) is 13.1 Å². The van der Waals surface area contributed by atoms with Gasteiger partial charge in [0.1, 0.15) is 5.82 Å². The summed E-state index contributed by atoms with van der Waals surface area (Å²) in [6.45, 7) is 5.02. The maximum Gasteiger partial charge on any atom is 0.417 e. The Labute approximate surface area is 90.9 Å². The number of hydrogen-bond acceptors (Lipinski definition) is 0. The van der Waals surface area contributed by atoms with Crippen LogP contribution in [0.3, 0.4) is 0 Å². The minimum atomic E-state index is -4.57. The largest absolute Gasteiger partial charge is 0.417 e. The molecule has 0 aliphatic rings. The highest BCUT2D eigenvalue weighted by Crippen LogP contribution is 2.35. The van der Waals surface area contributed by atoms with E-state index in [1.807, 2.05) is 0 Å². The molecule has 1 rings (SSSR count). The third-order valence-corrected chi connectivity index (χ3v) is 2.13. The van der Waals surface area contributed by atoms with Crippen molar-refractivity contribution in [2.24, 2.45) is 0 Å². The number of benzene rings is 1. The van der Waals surface area contributed by atoms with Crippen LogP contribution in [0, 0.1) is 5.82 Å². The summed E-state index contributed by atoms with van der Waals surface area (Å²) in [6, 6.07) is 2.59. The van der Waals surface area contributed by atoms with E-state index in [-0.39, 0.29) is 5.56 Å². The van der Waals surface area contributed by atoms with Crippen molar-refractivity contribution in [1.29, 1.82) is 0 Å². The first-order valence-corrected chi connectivity index (χ1v) is 4.56. The third kappa shape index (κ3) is 2.51. The fourth-order valence-electron chi connectivity index (χ4n) is 1.39. The molecule has 0 saturated carbocycles. The second kappa shape index (κ2) is 4.51. The normalized spacial score (nSPS) is 12.7. The van der Waals surface area contributed by atoms with Crippen molar-refractivity contribution in [3.8, 4) is 0 Å². The standard InChI is InChI=1S/C12H10F4/c1-3-8(4-2)10-6-5-9(13)7-11(10)12(14,15)16/h3-7H,1H2,2H3/b8-4+. The van der Waals surface area contributed by atoms with Gasteiger partial charge in [0, 0.05) is 0 Å². The summed E-state index contributed by atoms with van der Waals surface area (Å²) >= 11 is 0. The van der Waals surface area contributed by atoms with E-state index in [1.54, 1.807) is 6.92 Å². The van der Waals surface area contributed by atoms with E-state index >= 15 is 0 Å². The van der Waals surface area contributed by atoms with Gasteiger partial charge in [0.05, 0.1) is 5.56 Å². The number of rotatable bonds is 2. The first kappa shape index (κ1) is 12.5. The lowest BCUT2D eigenvalue weighted by Crippen LogP contribution is -2.09. The summed E-state index contributed by atoms with van der Waals surface area (Å²) < 4.78 is 50.7. The van der Waals surface area contributed by atoms with E-state index in [0.717, 1.165) is 12.1 Å². The molecule has 0 atom stereocenters. The predicted octanol–water partition coefficient (Wildman–Crippen LogP) is 4.43. The van der Waals surface area contributed by atoms with Crippen molar-refractivity contribution in [1.82, 2.24) is 0 Å². The molecule has 0 heterocycles. The molecule has 0 spiro atoms. The van der Waals surface area contributed by atoms with Crippen molar-refractivity contribution >= 4 is 5.57 Å².